The Labute approximate surface area is 147 Å². The molecule has 1 saturated heterocycles. The zero-order chi connectivity index (χ0) is 17.5. The number of hydrogen-bond acceptors (Lipinski definition) is 5. The number of piperazine rings is 1. The number of nitrogens with one attached hydrogen (secondary N) is 1. The van der Waals surface area contributed by atoms with Crippen molar-refractivity contribution in [3.8, 4) is 0 Å². The first kappa shape index (κ1) is 17.6. The highest BCUT2D eigenvalue weighted by molar-refractivity contribution is 7.91. The molecule has 6 nitrogen and oxygen atoms in total. The molecule has 0 saturated carbocycles. The van der Waals surface area contributed by atoms with Crippen LogP contribution in [0.15, 0.2) is 28.7 Å². The second kappa shape index (κ2) is 6.25. The highest BCUT2D eigenvalue weighted by atomic mass is 32.2. The summed E-state index contributed by atoms with van der Waals surface area (Å²) in [5.41, 5.74) is -0.0546. The second-order valence-electron chi connectivity index (χ2n) is 7.10. The Bertz CT molecular complexity index is 817. The van der Waals surface area contributed by atoms with Crippen LogP contribution in [-0.2, 0) is 22.5 Å². The average molecular weight is 369 g/mol. The Morgan fingerprint density at radius 1 is 1.33 bits per heavy atom. The SMILES string of the molecule is Cn1ccnc1C1CNCCN1S(=O)(=O)c1ccc(C(C)(C)C)s1. The number of imidazole rings is 1. The quantitative estimate of drug-likeness (QED) is 0.901. The summed E-state index contributed by atoms with van der Waals surface area (Å²) in [5, 5.41) is 3.28. The molecular formula is C16H24N4O2S2. The predicted octanol–water partition coefficient (Wildman–Crippen LogP) is 2.11. The first-order valence-corrected chi connectivity index (χ1v) is 10.3. The summed E-state index contributed by atoms with van der Waals surface area (Å²) in [5.74, 6) is 0.762. The zero-order valence-corrected chi connectivity index (χ0v) is 16.1. The summed E-state index contributed by atoms with van der Waals surface area (Å²) in [6.45, 7) is 7.95. The van der Waals surface area contributed by atoms with E-state index in [4.69, 9.17) is 0 Å². The van der Waals surface area contributed by atoms with Crippen molar-refractivity contribution in [1.82, 2.24) is 19.2 Å². The van der Waals surface area contributed by atoms with Crippen molar-refractivity contribution < 1.29 is 8.42 Å². The van der Waals surface area contributed by atoms with Gasteiger partial charge in [-0.3, -0.25) is 0 Å². The topological polar surface area (TPSA) is 67.2 Å². The zero-order valence-electron chi connectivity index (χ0n) is 14.5. The molecule has 3 rings (SSSR count). The lowest BCUT2D eigenvalue weighted by Gasteiger charge is -2.34. The molecular weight excluding hydrogens is 344 g/mol. The molecule has 132 valence electrons. The third-order valence-corrected chi connectivity index (χ3v) is 8.12. The first-order chi connectivity index (χ1) is 11.2. The Morgan fingerprint density at radius 2 is 2.08 bits per heavy atom. The van der Waals surface area contributed by atoms with Crippen molar-refractivity contribution in [2.75, 3.05) is 19.6 Å². The van der Waals surface area contributed by atoms with Crippen LogP contribution in [0.5, 0.6) is 0 Å². The maximum atomic E-state index is 13.2. The molecule has 0 radical (unpaired) electrons. The lowest BCUT2D eigenvalue weighted by Crippen LogP contribution is -2.49. The highest BCUT2D eigenvalue weighted by Crippen LogP contribution is 2.35. The van der Waals surface area contributed by atoms with Gasteiger partial charge in [0.15, 0.2) is 0 Å². The fourth-order valence-electron chi connectivity index (χ4n) is 2.87. The van der Waals surface area contributed by atoms with Gasteiger partial charge >= 0.3 is 0 Å². The summed E-state index contributed by atoms with van der Waals surface area (Å²) >= 11 is 1.37. The Hall–Kier alpha value is -1.22. The number of sulfonamides is 1. The number of aromatic nitrogens is 2. The van der Waals surface area contributed by atoms with Gasteiger partial charge < -0.3 is 9.88 Å². The van der Waals surface area contributed by atoms with E-state index in [1.807, 2.05) is 23.9 Å². The van der Waals surface area contributed by atoms with E-state index in [0.717, 1.165) is 10.7 Å². The Balaban J connectivity index is 1.98. The normalized spacial score (nSPS) is 20.4. The van der Waals surface area contributed by atoms with Gasteiger partial charge in [-0.1, -0.05) is 20.8 Å². The van der Waals surface area contributed by atoms with Gasteiger partial charge in [0.1, 0.15) is 10.0 Å². The van der Waals surface area contributed by atoms with Crippen LogP contribution >= 0.6 is 11.3 Å². The van der Waals surface area contributed by atoms with Crippen molar-refractivity contribution in [2.24, 2.45) is 7.05 Å². The van der Waals surface area contributed by atoms with Crippen molar-refractivity contribution in [2.45, 2.75) is 36.4 Å². The van der Waals surface area contributed by atoms with Crippen LogP contribution in [0.3, 0.4) is 0 Å². The molecule has 8 heteroatoms. The number of hydrogen-bond donors (Lipinski definition) is 1. The summed E-state index contributed by atoms with van der Waals surface area (Å²) in [4.78, 5) is 5.44. The summed E-state index contributed by atoms with van der Waals surface area (Å²) in [7, 11) is -1.64. The second-order valence-corrected chi connectivity index (χ2v) is 10.3. The van der Waals surface area contributed by atoms with Crippen LogP contribution in [0.2, 0.25) is 0 Å². The maximum Gasteiger partial charge on any atom is 0.253 e. The molecule has 2 aromatic rings. The van der Waals surface area contributed by atoms with Crippen molar-refractivity contribution >= 4 is 21.4 Å². The molecule has 0 spiro atoms. The van der Waals surface area contributed by atoms with Gasteiger partial charge in [0, 0.05) is 44.0 Å². The molecule has 24 heavy (non-hydrogen) atoms. The van der Waals surface area contributed by atoms with Crippen LogP contribution in [-0.4, -0.2) is 41.9 Å². The van der Waals surface area contributed by atoms with Crippen LogP contribution in [0.4, 0.5) is 0 Å². The highest BCUT2D eigenvalue weighted by Gasteiger charge is 2.37. The largest absolute Gasteiger partial charge is 0.337 e. The van der Waals surface area contributed by atoms with Gasteiger partial charge in [-0.2, -0.15) is 4.31 Å². The molecule has 1 aliphatic rings. The summed E-state index contributed by atoms with van der Waals surface area (Å²) in [6.07, 6.45) is 3.55. The smallest absolute Gasteiger partial charge is 0.253 e. The molecule has 1 fully saturated rings. The molecule has 1 unspecified atom stereocenters. The molecule has 1 atom stereocenters. The summed E-state index contributed by atoms with van der Waals surface area (Å²) in [6, 6.07) is 3.37. The van der Waals surface area contributed by atoms with Crippen LogP contribution < -0.4 is 5.32 Å². The van der Waals surface area contributed by atoms with Crippen molar-refractivity contribution in [1.29, 1.82) is 0 Å². The van der Waals surface area contributed by atoms with E-state index in [1.165, 1.54) is 11.3 Å². The van der Waals surface area contributed by atoms with Gasteiger partial charge in [-0.25, -0.2) is 13.4 Å². The molecule has 1 N–H and O–H groups in total. The van der Waals surface area contributed by atoms with Gasteiger partial charge in [0.05, 0.1) is 6.04 Å². The van der Waals surface area contributed by atoms with Crippen LogP contribution in [0.25, 0.3) is 0 Å². The number of rotatable bonds is 3. The fraction of sp³-hybridized carbons (Fsp3) is 0.562. The first-order valence-electron chi connectivity index (χ1n) is 8.01. The monoisotopic (exact) mass is 368 g/mol. The van der Waals surface area contributed by atoms with Gasteiger partial charge in [0.25, 0.3) is 10.0 Å². The fourth-order valence-corrected chi connectivity index (χ4v) is 5.95. The van der Waals surface area contributed by atoms with Crippen LogP contribution in [0, 0.1) is 0 Å². The molecule has 0 aromatic carbocycles. The van der Waals surface area contributed by atoms with E-state index in [1.54, 1.807) is 16.6 Å². The Morgan fingerprint density at radius 3 is 2.67 bits per heavy atom. The van der Waals surface area contributed by atoms with E-state index in [9.17, 15) is 8.42 Å². The predicted molar refractivity (Wildman–Crippen MR) is 95.7 cm³/mol. The molecule has 2 aromatic heterocycles. The minimum Gasteiger partial charge on any atom is -0.337 e. The van der Waals surface area contributed by atoms with Crippen molar-refractivity contribution in [3.05, 3.63) is 35.2 Å². The van der Waals surface area contributed by atoms with Gasteiger partial charge in [-0.05, 0) is 17.5 Å². The minimum absolute atomic E-state index is 0.0546. The number of thiophene rings is 1. The number of aryl methyl sites for hydroxylation is 1. The third kappa shape index (κ3) is 3.15. The standard InChI is InChI=1S/C16H24N4O2S2/c1-16(2,3)13-5-6-14(23-13)24(21,22)20-10-7-17-11-12(20)15-18-8-9-19(15)4/h5-6,8-9,12,17H,7,10-11H2,1-4H3. The maximum absolute atomic E-state index is 13.2. The molecule has 0 bridgehead atoms. The average Bonchev–Trinajstić information content (AvgIpc) is 3.15. The van der Waals surface area contributed by atoms with Gasteiger partial charge in [-0.15, -0.1) is 11.3 Å². The Kier molecular flexibility index (Phi) is 4.59. The molecule has 3 heterocycles. The summed E-state index contributed by atoms with van der Waals surface area (Å²) < 4.78 is 30.3. The molecule has 0 aliphatic carbocycles. The van der Waals surface area contributed by atoms with Crippen LogP contribution in [0.1, 0.15) is 37.5 Å². The minimum atomic E-state index is -3.53. The van der Waals surface area contributed by atoms with E-state index in [0.29, 0.717) is 23.8 Å². The number of nitrogens with zero attached hydrogens (tertiary/aromatic N) is 3. The van der Waals surface area contributed by atoms with E-state index in [2.05, 4.69) is 31.1 Å². The van der Waals surface area contributed by atoms with Gasteiger partial charge in [0.2, 0.25) is 0 Å². The van der Waals surface area contributed by atoms with E-state index >= 15 is 0 Å². The molecule has 0 amide bonds. The van der Waals surface area contributed by atoms with E-state index < -0.39 is 10.0 Å². The lowest BCUT2D eigenvalue weighted by molar-refractivity contribution is 0.259. The van der Waals surface area contributed by atoms with Crippen molar-refractivity contribution in [3.63, 3.8) is 0 Å². The van der Waals surface area contributed by atoms with E-state index in [-0.39, 0.29) is 11.5 Å². The molecule has 1 aliphatic heterocycles. The lowest BCUT2D eigenvalue weighted by atomic mass is 9.95. The third-order valence-electron chi connectivity index (χ3n) is 4.23.